The zero-order chi connectivity index (χ0) is 20.6. The zero-order valence-corrected chi connectivity index (χ0v) is 16.8. The van der Waals surface area contributed by atoms with E-state index in [0.717, 1.165) is 11.3 Å². The summed E-state index contributed by atoms with van der Waals surface area (Å²) in [6.45, 7) is 6.62. The number of aryl methyl sites for hydroxylation is 1. The summed E-state index contributed by atoms with van der Waals surface area (Å²) in [6, 6.07) is 7.45. The molecule has 2 amide bonds. The van der Waals surface area contributed by atoms with Crippen molar-refractivity contribution in [1.29, 1.82) is 0 Å². The Bertz CT molecular complexity index is 813. The van der Waals surface area contributed by atoms with E-state index in [1.54, 1.807) is 16.7 Å². The second-order valence-electron chi connectivity index (χ2n) is 6.54. The Balaban J connectivity index is 1.47. The van der Waals surface area contributed by atoms with Gasteiger partial charge in [0, 0.05) is 44.6 Å². The quantitative estimate of drug-likeness (QED) is 0.701. The maximum atomic E-state index is 12.4. The Kier molecular flexibility index (Phi) is 7.04. The topological polar surface area (TPSA) is 98.0 Å². The summed E-state index contributed by atoms with van der Waals surface area (Å²) >= 11 is 0. The van der Waals surface area contributed by atoms with Crippen molar-refractivity contribution >= 4 is 12.0 Å². The lowest BCUT2D eigenvalue weighted by Crippen LogP contribution is -2.50. The van der Waals surface area contributed by atoms with Crippen LogP contribution in [0.5, 0.6) is 5.75 Å². The Morgan fingerprint density at radius 1 is 1.03 bits per heavy atom. The average molecular weight is 402 g/mol. The van der Waals surface area contributed by atoms with E-state index >= 15 is 0 Å². The van der Waals surface area contributed by atoms with E-state index in [-0.39, 0.29) is 18.4 Å². The van der Waals surface area contributed by atoms with Crippen molar-refractivity contribution < 1.29 is 23.6 Å². The van der Waals surface area contributed by atoms with Gasteiger partial charge in [-0.05, 0) is 38.1 Å². The molecule has 1 aromatic carbocycles. The van der Waals surface area contributed by atoms with Gasteiger partial charge in [0.2, 0.25) is 17.6 Å². The van der Waals surface area contributed by atoms with Crippen molar-refractivity contribution in [3.63, 3.8) is 0 Å². The minimum absolute atomic E-state index is 0.00864. The van der Waals surface area contributed by atoms with Crippen LogP contribution in [0.4, 0.5) is 4.79 Å². The molecule has 29 heavy (non-hydrogen) atoms. The minimum atomic E-state index is -0.327. The first-order chi connectivity index (χ1) is 14.1. The van der Waals surface area contributed by atoms with Gasteiger partial charge in [-0.2, -0.15) is 4.98 Å². The van der Waals surface area contributed by atoms with E-state index in [1.807, 2.05) is 31.2 Å². The summed E-state index contributed by atoms with van der Waals surface area (Å²) in [4.78, 5) is 31.9. The number of carbonyl (C=O) groups excluding carboxylic acids is 2. The number of benzene rings is 1. The lowest BCUT2D eigenvalue weighted by molar-refractivity contribution is -0.132. The summed E-state index contributed by atoms with van der Waals surface area (Å²) in [5.41, 5.74) is 0.824. The minimum Gasteiger partial charge on any atom is -0.494 e. The SMILES string of the molecule is CCOC(=O)N1CCN(C(=O)CCc2nc(-c3ccc(OCC)cc3)no2)CC1. The summed E-state index contributed by atoms with van der Waals surface area (Å²) in [5, 5.41) is 3.99. The number of rotatable bonds is 7. The predicted molar refractivity (Wildman–Crippen MR) is 104 cm³/mol. The molecule has 0 aliphatic carbocycles. The van der Waals surface area contributed by atoms with E-state index in [4.69, 9.17) is 14.0 Å². The fourth-order valence-electron chi connectivity index (χ4n) is 3.07. The number of aromatic nitrogens is 2. The first-order valence-electron chi connectivity index (χ1n) is 9.86. The van der Waals surface area contributed by atoms with Crippen molar-refractivity contribution in [3.8, 4) is 17.1 Å². The highest BCUT2D eigenvalue weighted by Gasteiger charge is 2.25. The van der Waals surface area contributed by atoms with Gasteiger partial charge in [-0.15, -0.1) is 0 Å². The highest BCUT2D eigenvalue weighted by Crippen LogP contribution is 2.20. The largest absolute Gasteiger partial charge is 0.494 e. The van der Waals surface area contributed by atoms with Gasteiger partial charge in [0.1, 0.15) is 5.75 Å². The molecule has 9 nitrogen and oxygen atoms in total. The lowest BCUT2D eigenvalue weighted by atomic mass is 10.2. The molecule has 3 rings (SSSR count). The summed E-state index contributed by atoms with van der Waals surface area (Å²) < 4.78 is 15.7. The molecule has 0 spiro atoms. The van der Waals surface area contributed by atoms with E-state index in [1.165, 1.54) is 0 Å². The van der Waals surface area contributed by atoms with E-state index < -0.39 is 0 Å². The number of hydrogen-bond acceptors (Lipinski definition) is 7. The normalized spacial score (nSPS) is 14.0. The molecule has 1 aromatic heterocycles. The first-order valence-corrected chi connectivity index (χ1v) is 9.86. The molecule has 0 unspecified atom stereocenters. The first kappa shape index (κ1) is 20.6. The second-order valence-corrected chi connectivity index (χ2v) is 6.54. The summed E-state index contributed by atoms with van der Waals surface area (Å²) in [5.74, 6) is 1.70. The molecule has 2 aromatic rings. The van der Waals surface area contributed by atoms with Gasteiger partial charge in [0.05, 0.1) is 13.2 Å². The van der Waals surface area contributed by atoms with Crippen molar-refractivity contribution in [2.24, 2.45) is 0 Å². The number of ether oxygens (including phenoxy) is 2. The Hall–Kier alpha value is -3.10. The van der Waals surface area contributed by atoms with E-state index in [2.05, 4.69) is 10.1 Å². The van der Waals surface area contributed by atoms with Crippen molar-refractivity contribution in [3.05, 3.63) is 30.2 Å². The zero-order valence-electron chi connectivity index (χ0n) is 16.8. The van der Waals surface area contributed by atoms with Gasteiger partial charge in [-0.3, -0.25) is 4.79 Å². The second kappa shape index (κ2) is 9.90. The van der Waals surface area contributed by atoms with Crippen molar-refractivity contribution in [2.75, 3.05) is 39.4 Å². The molecule has 0 saturated carbocycles. The molecule has 156 valence electrons. The van der Waals surface area contributed by atoms with Gasteiger partial charge in [-0.25, -0.2) is 4.79 Å². The van der Waals surface area contributed by atoms with Gasteiger partial charge in [0.15, 0.2) is 0 Å². The maximum absolute atomic E-state index is 12.4. The van der Waals surface area contributed by atoms with Gasteiger partial charge >= 0.3 is 6.09 Å². The number of carbonyl (C=O) groups is 2. The number of piperazine rings is 1. The van der Waals surface area contributed by atoms with Gasteiger partial charge in [0.25, 0.3) is 0 Å². The van der Waals surface area contributed by atoms with Crippen LogP contribution < -0.4 is 4.74 Å². The molecule has 2 heterocycles. The molecular formula is C20H26N4O5. The molecule has 1 aliphatic heterocycles. The Morgan fingerprint density at radius 2 is 1.72 bits per heavy atom. The van der Waals surface area contributed by atoms with Crippen LogP contribution in [0.1, 0.15) is 26.2 Å². The Morgan fingerprint density at radius 3 is 2.38 bits per heavy atom. The molecule has 0 radical (unpaired) electrons. The van der Waals surface area contributed by atoms with Crippen LogP contribution in [0.25, 0.3) is 11.4 Å². The van der Waals surface area contributed by atoms with E-state index in [9.17, 15) is 9.59 Å². The molecule has 0 atom stereocenters. The number of amides is 2. The molecule has 1 fully saturated rings. The molecule has 1 aliphatic rings. The molecule has 0 bridgehead atoms. The monoisotopic (exact) mass is 402 g/mol. The molecule has 0 N–H and O–H groups in total. The van der Waals surface area contributed by atoms with Crippen molar-refractivity contribution in [2.45, 2.75) is 26.7 Å². The molecule has 9 heteroatoms. The smallest absolute Gasteiger partial charge is 0.409 e. The fraction of sp³-hybridized carbons (Fsp3) is 0.500. The number of hydrogen-bond donors (Lipinski definition) is 0. The maximum Gasteiger partial charge on any atom is 0.409 e. The van der Waals surface area contributed by atoms with Crippen LogP contribution in [0.15, 0.2) is 28.8 Å². The fourth-order valence-corrected chi connectivity index (χ4v) is 3.07. The van der Waals surface area contributed by atoms with E-state index in [0.29, 0.717) is 57.5 Å². The Labute approximate surface area is 169 Å². The average Bonchev–Trinajstić information content (AvgIpc) is 3.22. The summed E-state index contributed by atoms with van der Waals surface area (Å²) in [7, 11) is 0. The van der Waals surface area contributed by atoms with Crippen LogP contribution in [-0.4, -0.2) is 71.3 Å². The van der Waals surface area contributed by atoms with Crippen molar-refractivity contribution in [1.82, 2.24) is 19.9 Å². The standard InChI is InChI=1S/C20H26N4O5/c1-3-27-16-7-5-15(6-8-16)19-21-17(29-22-19)9-10-18(25)23-11-13-24(14-12-23)20(26)28-4-2/h5-8H,3-4,9-14H2,1-2H3. The van der Waals surface area contributed by atoms with Gasteiger partial charge in [-0.1, -0.05) is 5.16 Å². The van der Waals surface area contributed by atoms with Crippen LogP contribution in [0.2, 0.25) is 0 Å². The third kappa shape index (κ3) is 5.46. The van der Waals surface area contributed by atoms with Gasteiger partial charge < -0.3 is 23.8 Å². The highest BCUT2D eigenvalue weighted by molar-refractivity contribution is 5.77. The van der Waals surface area contributed by atoms with Crippen LogP contribution in [0, 0.1) is 0 Å². The third-order valence-electron chi connectivity index (χ3n) is 4.60. The van der Waals surface area contributed by atoms with Crippen LogP contribution in [0.3, 0.4) is 0 Å². The summed E-state index contributed by atoms with van der Waals surface area (Å²) in [6.07, 6.45) is 0.331. The van der Waals surface area contributed by atoms with Crippen LogP contribution in [-0.2, 0) is 16.0 Å². The van der Waals surface area contributed by atoms with Crippen LogP contribution >= 0.6 is 0 Å². The predicted octanol–water partition coefficient (Wildman–Crippen LogP) is 2.37. The molecule has 1 saturated heterocycles. The highest BCUT2D eigenvalue weighted by atomic mass is 16.6. The lowest BCUT2D eigenvalue weighted by Gasteiger charge is -2.34. The third-order valence-corrected chi connectivity index (χ3v) is 4.60. The molecular weight excluding hydrogens is 376 g/mol. The number of nitrogens with zero attached hydrogens (tertiary/aromatic N) is 4.